The summed E-state index contributed by atoms with van der Waals surface area (Å²) in [5.41, 5.74) is 0. The van der Waals surface area contributed by atoms with Crippen molar-refractivity contribution in [1.29, 1.82) is 0 Å². The third kappa shape index (κ3) is 5.62. The molecule has 0 amide bonds. The van der Waals surface area contributed by atoms with Crippen molar-refractivity contribution in [3.63, 3.8) is 0 Å². The molecule has 6 heteroatoms. The van der Waals surface area contributed by atoms with Crippen molar-refractivity contribution in [2.45, 2.75) is 13.5 Å². The number of aryl methyl sites for hydroxylation is 1. The van der Waals surface area contributed by atoms with Crippen molar-refractivity contribution in [3.05, 3.63) is 46.2 Å². The molecule has 0 spiro atoms. The van der Waals surface area contributed by atoms with Gasteiger partial charge in [-0.15, -0.1) is 11.3 Å². The second kappa shape index (κ2) is 8.94. The number of aromatic nitrogens is 2. The van der Waals surface area contributed by atoms with Gasteiger partial charge < -0.3 is 5.32 Å². The maximum atomic E-state index is 11.8. The molecule has 1 N–H and O–H groups in total. The summed E-state index contributed by atoms with van der Waals surface area (Å²) in [6.07, 6.45) is 3.38. The number of Topliss-reactive ketones (excluding diaryl/α,β-unsaturated/α-hetero) is 1. The Bertz CT molecular complexity index is 516. The summed E-state index contributed by atoms with van der Waals surface area (Å²) in [4.78, 5) is 24.9. The van der Waals surface area contributed by atoms with Gasteiger partial charge in [0.05, 0.1) is 18.0 Å². The molecule has 0 fully saturated rings. The number of thiophene rings is 1. The van der Waals surface area contributed by atoms with Crippen molar-refractivity contribution in [3.8, 4) is 0 Å². The quantitative estimate of drug-likeness (QED) is 0.646. The van der Waals surface area contributed by atoms with Gasteiger partial charge >= 0.3 is 23.7 Å². The van der Waals surface area contributed by atoms with E-state index in [-0.39, 0.29) is 5.78 Å². The van der Waals surface area contributed by atoms with Gasteiger partial charge in [-0.2, -0.15) is 0 Å². The molecule has 0 aromatic carbocycles. The Hall–Kier alpha value is -1.06. The van der Waals surface area contributed by atoms with Crippen LogP contribution in [0.5, 0.6) is 0 Å². The van der Waals surface area contributed by atoms with Crippen molar-refractivity contribution in [2.75, 3.05) is 6.54 Å². The molecule has 104 valence electrons. The van der Waals surface area contributed by atoms with E-state index >= 15 is 0 Å². The molecular formula is C13H15N3OPdS. The van der Waals surface area contributed by atoms with Crippen molar-refractivity contribution in [1.82, 2.24) is 15.3 Å². The van der Waals surface area contributed by atoms with Gasteiger partial charge in [-0.05, 0) is 25.1 Å². The third-order valence-corrected chi connectivity index (χ3v) is 3.24. The van der Waals surface area contributed by atoms with Gasteiger partial charge in [0, 0.05) is 17.3 Å². The fourth-order valence-corrected chi connectivity index (χ4v) is 2.19. The molecule has 0 atom stereocenters. The molecule has 0 aliphatic carbocycles. The maximum absolute atomic E-state index is 11.8. The summed E-state index contributed by atoms with van der Waals surface area (Å²) < 4.78 is 0. The predicted octanol–water partition coefficient (Wildman–Crippen LogP) is 1.78. The van der Waals surface area contributed by atoms with Gasteiger partial charge in [-0.3, -0.25) is 4.79 Å². The van der Waals surface area contributed by atoms with E-state index in [2.05, 4.69) is 39.0 Å². The van der Waals surface area contributed by atoms with Crippen LogP contribution in [0.3, 0.4) is 0 Å². The Morgan fingerprint density at radius 2 is 2.05 bits per heavy atom. The number of hydrogen-bond donors (Lipinski definition) is 1. The molecule has 2 aromatic heterocycles. The van der Waals surface area contributed by atoms with E-state index < -0.39 is 0 Å². The zero-order valence-electron chi connectivity index (χ0n) is 10.5. The summed E-state index contributed by atoms with van der Waals surface area (Å²) >= 11 is 4.02. The average molecular weight is 368 g/mol. The Morgan fingerprint density at radius 1 is 1.37 bits per heavy atom. The second-order valence-corrected chi connectivity index (χ2v) is 4.89. The SMILES string of the molecule is Cc1ccc(C(=O)CNCc2ncccn2)s1.[CH2]=[Pd]. The zero-order valence-corrected chi connectivity index (χ0v) is 12.9. The minimum absolute atomic E-state index is 0.110. The number of rotatable bonds is 5. The van der Waals surface area contributed by atoms with Gasteiger partial charge in [-0.25, -0.2) is 9.97 Å². The van der Waals surface area contributed by atoms with Crippen LogP contribution in [0.2, 0.25) is 0 Å². The van der Waals surface area contributed by atoms with Crippen LogP contribution in [0.15, 0.2) is 30.6 Å². The normalized spacial score (nSPS) is 9.63. The first-order chi connectivity index (χ1) is 9.25. The number of nitrogens with zero attached hydrogens (tertiary/aromatic N) is 2. The van der Waals surface area contributed by atoms with Crippen LogP contribution in [0.25, 0.3) is 0 Å². The first kappa shape index (κ1) is 16.0. The monoisotopic (exact) mass is 367 g/mol. The van der Waals surface area contributed by atoms with Gasteiger partial charge in [0.2, 0.25) is 0 Å². The van der Waals surface area contributed by atoms with Crippen molar-refractivity contribution in [2.24, 2.45) is 0 Å². The Morgan fingerprint density at radius 3 is 2.63 bits per heavy atom. The van der Waals surface area contributed by atoms with Crippen LogP contribution in [-0.2, 0) is 25.3 Å². The Labute approximate surface area is 127 Å². The summed E-state index contributed by atoms with van der Waals surface area (Å²) in [6, 6.07) is 5.59. The van der Waals surface area contributed by atoms with Crippen LogP contribution in [0.4, 0.5) is 0 Å². The van der Waals surface area contributed by atoms with E-state index in [1.165, 1.54) is 11.3 Å². The van der Waals surface area contributed by atoms with Gasteiger partial charge in [0.15, 0.2) is 5.78 Å². The van der Waals surface area contributed by atoms with E-state index in [9.17, 15) is 4.79 Å². The summed E-state index contributed by atoms with van der Waals surface area (Å²) in [5.74, 6) is 0.807. The Kier molecular flexibility index (Phi) is 7.53. The second-order valence-electron chi connectivity index (χ2n) is 3.60. The predicted molar refractivity (Wildman–Crippen MR) is 74.2 cm³/mol. The first-order valence-corrected chi connectivity index (χ1v) is 7.46. The molecule has 2 aromatic rings. The Balaban J connectivity index is 0.000000861. The van der Waals surface area contributed by atoms with Crippen LogP contribution in [0, 0.1) is 6.92 Å². The molecule has 0 saturated carbocycles. The molecule has 0 aliphatic heterocycles. The van der Waals surface area contributed by atoms with E-state index in [1.807, 2.05) is 19.1 Å². The first-order valence-electron chi connectivity index (χ1n) is 5.54. The standard InChI is InChI=1S/C12H13N3OS.CH2.Pd/c1-9-3-4-11(17-9)10(16)7-13-8-12-14-5-2-6-15-12;;/h2-6,13H,7-8H2,1H3;1H2;. The van der Waals surface area contributed by atoms with E-state index in [0.717, 1.165) is 9.75 Å². The molecule has 19 heavy (non-hydrogen) atoms. The molecule has 0 unspecified atom stereocenters. The molecule has 2 heterocycles. The third-order valence-electron chi connectivity index (χ3n) is 2.20. The van der Waals surface area contributed by atoms with Crippen LogP contribution < -0.4 is 5.32 Å². The molecule has 0 bridgehead atoms. The van der Waals surface area contributed by atoms with Crippen LogP contribution >= 0.6 is 11.3 Å². The fraction of sp³-hybridized carbons (Fsp3) is 0.231. The number of carbonyl (C=O) groups excluding carboxylic acids is 1. The molecule has 0 radical (unpaired) electrons. The van der Waals surface area contributed by atoms with Crippen molar-refractivity contribution >= 4 is 22.1 Å². The van der Waals surface area contributed by atoms with E-state index in [1.54, 1.807) is 18.5 Å². The molecular weight excluding hydrogens is 353 g/mol. The van der Waals surface area contributed by atoms with Crippen molar-refractivity contribution < 1.29 is 23.5 Å². The zero-order chi connectivity index (χ0) is 14.1. The van der Waals surface area contributed by atoms with Gasteiger partial charge in [0.1, 0.15) is 5.82 Å². The number of hydrogen-bond acceptors (Lipinski definition) is 5. The van der Waals surface area contributed by atoms with Crippen LogP contribution in [0.1, 0.15) is 20.4 Å². The number of nitrogens with one attached hydrogen (secondary N) is 1. The summed E-state index contributed by atoms with van der Waals surface area (Å²) in [5, 5.41) is 3.04. The number of carbonyl (C=O) groups is 1. The summed E-state index contributed by atoms with van der Waals surface area (Å²) in [6.45, 7) is 2.82. The topological polar surface area (TPSA) is 54.9 Å². The minimum atomic E-state index is 0.110. The average Bonchev–Trinajstić information content (AvgIpc) is 2.89. The fourth-order valence-electron chi connectivity index (χ4n) is 1.38. The molecule has 0 aliphatic rings. The van der Waals surface area contributed by atoms with Gasteiger partial charge in [0.25, 0.3) is 0 Å². The molecule has 2 rings (SSSR count). The molecule has 0 saturated heterocycles. The molecule has 4 nitrogen and oxygen atoms in total. The summed E-state index contributed by atoms with van der Waals surface area (Å²) in [7, 11) is 0. The number of ketones is 1. The van der Waals surface area contributed by atoms with Crippen LogP contribution in [-0.4, -0.2) is 27.3 Å². The van der Waals surface area contributed by atoms with Gasteiger partial charge in [-0.1, -0.05) is 0 Å². The van der Waals surface area contributed by atoms with E-state index in [4.69, 9.17) is 0 Å². The van der Waals surface area contributed by atoms with E-state index in [0.29, 0.717) is 18.9 Å².